The predicted molar refractivity (Wildman–Crippen MR) is 92.6 cm³/mol. The van der Waals surface area contributed by atoms with Crippen molar-refractivity contribution in [3.8, 4) is 5.75 Å². The first-order valence-electron chi connectivity index (χ1n) is 6.70. The number of carbonyl (C=O) groups is 1. The van der Waals surface area contributed by atoms with E-state index in [0.717, 1.165) is 4.47 Å². The number of hydrazine groups is 1. The molecule has 1 rings (SSSR count). The van der Waals surface area contributed by atoms with E-state index in [-0.39, 0.29) is 11.9 Å². The van der Waals surface area contributed by atoms with Crippen LogP contribution in [0.4, 0.5) is 0 Å². The smallest absolute Gasteiger partial charge is 0.279 e. The van der Waals surface area contributed by atoms with E-state index in [1.54, 1.807) is 26.2 Å². The molecule has 1 aromatic carbocycles. The molecule has 0 saturated heterocycles. The quantitative estimate of drug-likeness (QED) is 0.508. The Morgan fingerprint density at radius 2 is 1.91 bits per heavy atom. The molecule has 0 aliphatic carbocycles. The third-order valence-electron chi connectivity index (χ3n) is 2.59. The summed E-state index contributed by atoms with van der Waals surface area (Å²) in [5.41, 5.74) is 5.12. The number of thiocarbonyl (C=S) groups is 1. The summed E-state index contributed by atoms with van der Waals surface area (Å²) in [5.74, 6) is 0.284. The highest BCUT2D eigenvalue weighted by molar-refractivity contribution is 9.10. The first kappa shape index (κ1) is 18.7. The third-order valence-corrected chi connectivity index (χ3v) is 3.34. The van der Waals surface area contributed by atoms with Crippen LogP contribution in [0.5, 0.6) is 5.75 Å². The van der Waals surface area contributed by atoms with Crippen LogP contribution in [-0.2, 0) is 9.53 Å². The second kappa shape index (κ2) is 9.60. The molecule has 0 aliphatic rings. The lowest BCUT2D eigenvalue weighted by atomic mass is 10.3. The van der Waals surface area contributed by atoms with Gasteiger partial charge in [0.25, 0.3) is 5.91 Å². The molecule has 0 fully saturated rings. The van der Waals surface area contributed by atoms with Gasteiger partial charge in [0.2, 0.25) is 0 Å². The average Bonchev–Trinajstić information content (AvgIpc) is 2.47. The van der Waals surface area contributed by atoms with Gasteiger partial charge < -0.3 is 14.8 Å². The Labute approximate surface area is 144 Å². The number of nitrogens with one attached hydrogen (secondary N) is 3. The summed E-state index contributed by atoms with van der Waals surface area (Å²) in [4.78, 5) is 11.9. The minimum atomic E-state index is -0.659. The monoisotopic (exact) mass is 389 g/mol. The average molecular weight is 390 g/mol. The van der Waals surface area contributed by atoms with Gasteiger partial charge in [-0.25, -0.2) is 0 Å². The number of rotatable bonds is 6. The summed E-state index contributed by atoms with van der Waals surface area (Å²) in [5, 5.41) is 3.28. The van der Waals surface area contributed by atoms with E-state index >= 15 is 0 Å². The van der Waals surface area contributed by atoms with E-state index in [4.69, 9.17) is 21.7 Å². The molecule has 8 heteroatoms. The lowest BCUT2D eigenvalue weighted by Gasteiger charge is -2.18. The molecule has 1 amide bonds. The van der Waals surface area contributed by atoms with Crippen LogP contribution in [0.25, 0.3) is 0 Å². The largest absolute Gasteiger partial charge is 0.481 e. The molecule has 3 N–H and O–H groups in total. The van der Waals surface area contributed by atoms with Crippen molar-refractivity contribution in [1.29, 1.82) is 0 Å². The van der Waals surface area contributed by atoms with Gasteiger partial charge in [-0.1, -0.05) is 15.9 Å². The van der Waals surface area contributed by atoms with Crippen molar-refractivity contribution in [2.24, 2.45) is 0 Å². The van der Waals surface area contributed by atoms with Crippen molar-refractivity contribution in [2.75, 3.05) is 13.7 Å². The summed E-state index contributed by atoms with van der Waals surface area (Å²) >= 11 is 8.39. The number of hydrogen-bond donors (Lipinski definition) is 3. The highest BCUT2D eigenvalue weighted by Gasteiger charge is 2.15. The second-order valence-electron chi connectivity index (χ2n) is 4.66. The Bertz CT molecular complexity index is 499. The van der Waals surface area contributed by atoms with Gasteiger partial charge in [0, 0.05) is 17.6 Å². The molecule has 1 aromatic rings. The van der Waals surface area contributed by atoms with E-state index < -0.39 is 6.10 Å². The molecule has 22 heavy (non-hydrogen) atoms. The minimum Gasteiger partial charge on any atom is -0.481 e. The van der Waals surface area contributed by atoms with Gasteiger partial charge in [0.1, 0.15) is 5.75 Å². The van der Waals surface area contributed by atoms with Gasteiger partial charge in [0.05, 0.1) is 6.61 Å². The standard InChI is InChI=1S/C14H20BrN3O3S/c1-9(8-20-3)16-14(22)18-17-13(19)10(2)21-12-6-4-11(15)5-7-12/h4-7,9-10H,8H2,1-3H3,(H,17,19)(H2,16,18,22)/t9-,10-/m1/s1. The van der Waals surface area contributed by atoms with Gasteiger partial charge in [-0.15, -0.1) is 0 Å². The van der Waals surface area contributed by atoms with E-state index in [2.05, 4.69) is 32.1 Å². The molecule has 0 heterocycles. The Hall–Kier alpha value is -1.38. The molecular formula is C14H20BrN3O3S. The summed E-state index contributed by atoms with van der Waals surface area (Å²) in [6.45, 7) is 4.08. The van der Waals surface area contributed by atoms with Crippen molar-refractivity contribution in [3.63, 3.8) is 0 Å². The Kier molecular flexibility index (Phi) is 8.15. The number of hydrogen-bond acceptors (Lipinski definition) is 4. The predicted octanol–water partition coefficient (Wildman–Crippen LogP) is 1.75. The van der Waals surface area contributed by atoms with E-state index in [9.17, 15) is 4.79 Å². The maximum atomic E-state index is 11.9. The van der Waals surface area contributed by atoms with Crippen LogP contribution >= 0.6 is 28.1 Å². The number of amides is 1. The van der Waals surface area contributed by atoms with Gasteiger partial charge in [-0.3, -0.25) is 15.6 Å². The van der Waals surface area contributed by atoms with Crippen molar-refractivity contribution < 1.29 is 14.3 Å². The molecule has 0 radical (unpaired) electrons. The molecule has 0 aliphatic heterocycles. The van der Waals surface area contributed by atoms with E-state index in [1.165, 1.54) is 0 Å². The normalized spacial score (nSPS) is 12.9. The SMILES string of the molecule is COC[C@@H](C)NC(=S)NNC(=O)[C@@H](C)Oc1ccc(Br)cc1. The first-order valence-corrected chi connectivity index (χ1v) is 7.90. The maximum Gasteiger partial charge on any atom is 0.279 e. The fourth-order valence-electron chi connectivity index (χ4n) is 1.54. The van der Waals surface area contributed by atoms with E-state index in [1.807, 2.05) is 19.1 Å². The topological polar surface area (TPSA) is 71.6 Å². The van der Waals surface area contributed by atoms with Gasteiger partial charge in [-0.2, -0.15) is 0 Å². The summed E-state index contributed by atoms with van der Waals surface area (Å²) in [6.07, 6.45) is -0.659. The Balaban J connectivity index is 2.34. The zero-order chi connectivity index (χ0) is 16.5. The van der Waals surface area contributed by atoms with Crippen LogP contribution < -0.4 is 20.9 Å². The van der Waals surface area contributed by atoms with Crippen LogP contribution in [0.2, 0.25) is 0 Å². The van der Waals surface area contributed by atoms with Crippen molar-refractivity contribution in [2.45, 2.75) is 26.0 Å². The fourth-order valence-corrected chi connectivity index (χ4v) is 2.06. The maximum absolute atomic E-state index is 11.9. The van der Waals surface area contributed by atoms with Crippen LogP contribution in [0.3, 0.4) is 0 Å². The lowest BCUT2D eigenvalue weighted by Crippen LogP contribution is -2.52. The summed E-state index contributed by atoms with van der Waals surface area (Å²) < 4.78 is 11.5. The number of benzene rings is 1. The number of methoxy groups -OCH3 is 1. The lowest BCUT2D eigenvalue weighted by molar-refractivity contribution is -0.127. The zero-order valence-corrected chi connectivity index (χ0v) is 15.1. The second-order valence-corrected chi connectivity index (χ2v) is 5.98. The molecule has 2 atom stereocenters. The Morgan fingerprint density at radius 3 is 2.50 bits per heavy atom. The number of carbonyl (C=O) groups excluding carboxylic acids is 1. The van der Waals surface area contributed by atoms with Crippen molar-refractivity contribution in [3.05, 3.63) is 28.7 Å². The summed E-state index contributed by atoms with van der Waals surface area (Å²) in [6, 6.07) is 7.28. The molecule has 0 unspecified atom stereocenters. The zero-order valence-electron chi connectivity index (χ0n) is 12.7. The summed E-state index contributed by atoms with van der Waals surface area (Å²) in [7, 11) is 1.61. The van der Waals surface area contributed by atoms with E-state index in [0.29, 0.717) is 17.5 Å². The highest BCUT2D eigenvalue weighted by Crippen LogP contribution is 2.17. The fraction of sp³-hybridized carbons (Fsp3) is 0.429. The van der Waals surface area contributed by atoms with Crippen LogP contribution in [0.1, 0.15) is 13.8 Å². The van der Waals surface area contributed by atoms with Crippen LogP contribution in [-0.4, -0.2) is 36.9 Å². The molecule has 0 saturated carbocycles. The molecule has 122 valence electrons. The van der Waals surface area contributed by atoms with Gasteiger partial charge in [-0.05, 0) is 50.3 Å². The minimum absolute atomic E-state index is 0.0401. The Morgan fingerprint density at radius 1 is 1.27 bits per heavy atom. The third kappa shape index (κ3) is 7.06. The first-order chi connectivity index (χ1) is 10.4. The molecule has 0 spiro atoms. The van der Waals surface area contributed by atoms with Crippen LogP contribution in [0, 0.1) is 0 Å². The van der Waals surface area contributed by atoms with Crippen molar-refractivity contribution >= 4 is 39.2 Å². The van der Waals surface area contributed by atoms with Crippen LogP contribution in [0.15, 0.2) is 28.7 Å². The number of ether oxygens (including phenoxy) is 2. The van der Waals surface area contributed by atoms with Crippen molar-refractivity contribution in [1.82, 2.24) is 16.2 Å². The molecular weight excluding hydrogens is 370 g/mol. The number of halogens is 1. The molecule has 6 nitrogen and oxygen atoms in total. The molecule has 0 aromatic heterocycles. The highest BCUT2D eigenvalue weighted by atomic mass is 79.9. The van der Waals surface area contributed by atoms with Gasteiger partial charge >= 0.3 is 0 Å². The van der Waals surface area contributed by atoms with Gasteiger partial charge in [0.15, 0.2) is 11.2 Å². The molecule has 0 bridgehead atoms.